The van der Waals surface area contributed by atoms with E-state index in [0.29, 0.717) is 33.7 Å². The quantitative estimate of drug-likeness (QED) is 0.617. The summed E-state index contributed by atoms with van der Waals surface area (Å²) in [5.74, 6) is -0.236. The smallest absolute Gasteiger partial charge is 0.387 e. The average Bonchev–Trinajstić information content (AvgIpc) is 3.11. The van der Waals surface area contributed by atoms with Gasteiger partial charge < -0.3 is 15.0 Å². The second-order valence-corrected chi connectivity index (χ2v) is 7.90. The number of carbonyl (C=O) groups is 1. The van der Waals surface area contributed by atoms with Crippen LogP contribution in [0.25, 0.3) is 22.2 Å². The summed E-state index contributed by atoms with van der Waals surface area (Å²) in [6, 6.07) is 7.87. The van der Waals surface area contributed by atoms with Crippen molar-refractivity contribution in [2.45, 2.75) is 26.5 Å². The second-order valence-electron chi connectivity index (χ2n) is 7.90. The zero-order chi connectivity index (χ0) is 23.7. The molecule has 33 heavy (non-hydrogen) atoms. The number of ether oxygens (including phenoxy) is 1. The number of aliphatic imine (C=N–C) groups is 1. The van der Waals surface area contributed by atoms with Gasteiger partial charge in [0.25, 0.3) is 5.91 Å². The van der Waals surface area contributed by atoms with Gasteiger partial charge in [0.15, 0.2) is 0 Å². The van der Waals surface area contributed by atoms with Crippen molar-refractivity contribution in [3.05, 3.63) is 60.3 Å². The first-order valence-electron chi connectivity index (χ1n) is 10.2. The number of carbonyl (C=O) groups excluding carboxylic acids is 1. The van der Waals surface area contributed by atoms with Gasteiger partial charge in [0.1, 0.15) is 11.6 Å². The molecule has 0 fully saturated rings. The van der Waals surface area contributed by atoms with Crippen LogP contribution in [0.5, 0.6) is 5.75 Å². The molecule has 0 spiro atoms. The third-order valence-electron chi connectivity index (χ3n) is 4.96. The number of amides is 1. The molecule has 2 aromatic heterocycles. The Hall–Kier alpha value is -3.82. The normalized spacial score (nSPS) is 14.0. The van der Waals surface area contributed by atoms with Crippen molar-refractivity contribution < 1.29 is 22.7 Å². The number of nitrogens with one attached hydrogen (secondary N) is 1. The standard InChI is InChI=1S/C23H22F3N5O2/c1-13(2)29-21(32)15-8-19-20(27-9-15)18(14-5-4-6-17(7-14)33-22(25)26)12-31(19)23-28-10-16(24)11-30(23)3/h4-10,12-13,22H,11H2,1-3H3,(H,29,32). The number of hydrogen-bond donors (Lipinski definition) is 1. The Bertz CT molecular complexity index is 1270. The molecule has 0 saturated heterocycles. The maximum atomic E-state index is 13.7. The summed E-state index contributed by atoms with van der Waals surface area (Å²) in [6.45, 7) is 0.790. The number of aromatic nitrogens is 2. The van der Waals surface area contributed by atoms with Crippen molar-refractivity contribution >= 4 is 22.9 Å². The Morgan fingerprint density at radius 3 is 2.73 bits per heavy atom. The molecule has 1 N–H and O–H groups in total. The molecular formula is C23H22F3N5O2. The molecule has 3 aromatic rings. The molecule has 0 radical (unpaired) electrons. The molecule has 0 aliphatic carbocycles. The number of rotatable bonds is 5. The van der Waals surface area contributed by atoms with Gasteiger partial charge in [-0.3, -0.25) is 14.3 Å². The van der Waals surface area contributed by atoms with E-state index in [4.69, 9.17) is 0 Å². The number of halogens is 3. The summed E-state index contributed by atoms with van der Waals surface area (Å²) >= 11 is 0. The van der Waals surface area contributed by atoms with Crippen molar-refractivity contribution in [2.24, 2.45) is 4.99 Å². The summed E-state index contributed by atoms with van der Waals surface area (Å²) in [4.78, 5) is 22.9. The zero-order valence-corrected chi connectivity index (χ0v) is 18.2. The van der Waals surface area contributed by atoms with Gasteiger partial charge in [0, 0.05) is 31.0 Å². The summed E-state index contributed by atoms with van der Waals surface area (Å²) in [7, 11) is 1.69. The molecule has 1 aliphatic heterocycles. The fraction of sp³-hybridized carbons (Fsp3) is 0.261. The highest BCUT2D eigenvalue weighted by Crippen LogP contribution is 2.33. The van der Waals surface area contributed by atoms with E-state index in [9.17, 15) is 18.0 Å². The third-order valence-corrected chi connectivity index (χ3v) is 4.96. The Balaban J connectivity index is 1.89. The van der Waals surface area contributed by atoms with Crippen LogP contribution in [0, 0.1) is 0 Å². The highest BCUT2D eigenvalue weighted by Gasteiger charge is 2.22. The van der Waals surface area contributed by atoms with Crippen molar-refractivity contribution in [3.63, 3.8) is 0 Å². The molecule has 1 aliphatic rings. The number of alkyl halides is 2. The molecule has 3 heterocycles. The number of fused-ring (bicyclic) bond motifs is 1. The number of pyridine rings is 1. The predicted molar refractivity (Wildman–Crippen MR) is 119 cm³/mol. The van der Waals surface area contributed by atoms with E-state index in [1.807, 2.05) is 13.8 Å². The molecule has 172 valence electrons. The van der Waals surface area contributed by atoms with Crippen molar-refractivity contribution in [1.29, 1.82) is 0 Å². The predicted octanol–water partition coefficient (Wildman–Crippen LogP) is 4.40. The lowest BCUT2D eigenvalue weighted by Gasteiger charge is -2.23. The number of benzene rings is 1. The van der Waals surface area contributed by atoms with Crippen LogP contribution in [0.15, 0.2) is 59.7 Å². The van der Waals surface area contributed by atoms with Crippen LogP contribution >= 0.6 is 0 Å². The van der Waals surface area contributed by atoms with Gasteiger partial charge in [-0.05, 0) is 37.6 Å². The summed E-state index contributed by atoms with van der Waals surface area (Å²) in [5, 5.41) is 2.83. The molecule has 0 saturated carbocycles. The molecule has 1 amide bonds. The number of likely N-dealkylation sites (N-methyl/N-ethyl adjacent to an activating group) is 1. The zero-order valence-electron chi connectivity index (χ0n) is 18.2. The van der Waals surface area contributed by atoms with Crippen LogP contribution in [0.2, 0.25) is 0 Å². The monoisotopic (exact) mass is 457 g/mol. The van der Waals surface area contributed by atoms with Gasteiger partial charge in [-0.15, -0.1) is 0 Å². The van der Waals surface area contributed by atoms with Gasteiger partial charge in [-0.25, -0.2) is 9.38 Å². The molecule has 1 aromatic carbocycles. The van der Waals surface area contributed by atoms with E-state index in [1.54, 1.807) is 40.9 Å². The molecule has 0 atom stereocenters. The minimum absolute atomic E-state index is 0.00783. The van der Waals surface area contributed by atoms with Crippen molar-refractivity contribution in [3.8, 4) is 16.9 Å². The fourth-order valence-electron chi connectivity index (χ4n) is 3.60. The van der Waals surface area contributed by atoms with Crippen LogP contribution in [-0.4, -0.2) is 52.6 Å². The van der Waals surface area contributed by atoms with Crippen LogP contribution in [0.3, 0.4) is 0 Å². The van der Waals surface area contributed by atoms with E-state index < -0.39 is 6.61 Å². The van der Waals surface area contributed by atoms with Gasteiger partial charge in [0.2, 0.25) is 5.96 Å². The maximum Gasteiger partial charge on any atom is 0.387 e. The Morgan fingerprint density at radius 2 is 2.03 bits per heavy atom. The van der Waals surface area contributed by atoms with Gasteiger partial charge >= 0.3 is 6.61 Å². The largest absolute Gasteiger partial charge is 0.435 e. The van der Waals surface area contributed by atoms with Crippen LogP contribution in [0.4, 0.5) is 13.2 Å². The van der Waals surface area contributed by atoms with Gasteiger partial charge in [-0.1, -0.05) is 12.1 Å². The Kier molecular flexibility index (Phi) is 6.08. The summed E-state index contributed by atoms with van der Waals surface area (Å²) < 4.78 is 45.4. The third kappa shape index (κ3) is 4.69. The Morgan fingerprint density at radius 1 is 1.24 bits per heavy atom. The molecule has 0 bridgehead atoms. The van der Waals surface area contributed by atoms with E-state index in [2.05, 4.69) is 20.0 Å². The van der Waals surface area contributed by atoms with E-state index in [-0.39, 0.29) is 30.1 Å². The first-order valence-corrected chi connectivity index (χ1v) is 10.2. The van der Waals surface area contributed by atoms with Crippen molar-refractivity contribution in [2.75, 3.05) is 13.6 Å². The first-order chi connectivity index (χ1) is 15.7. The number of nitrogens with zero attached hydrogens (tertiary/aromatic N) is 4. The first kappa shape index (κ1) is 22.4. The highest BCUT2D eigenvalue weighted by atomic mass is 19.3. The summed E-state index contributed by atoms with van der Waals surface area (Å²) in [5.41, 5.74) is 2.63. The minimum Gasteiger partial charge on any atom is -0.435 e. The van der Waals surface area contributed by atoms with Gasteiger partial charge in [0.05, 0.1) is 29.3 Å². The molecule has 4 rings (SSSR count). The maximum absolute atomic E-state index is 13.7. The van der Waals surface area contributed by atoms with Gasteiger partial charge in [-0.2, -0.15) is 8.78 Å². The minimum atomic E-state index is -2.95. The van der Waals surface area contributed by atoms with E-state index in [0.717, 1.165) is 6.20 Å². The van der Waals surface area contributed by atoms with E-state index in [1.165, 1.54) is 18.3 Å². The molecule has 10 heteroatoms. The van der Waals surface area contributed by atoms with Crippen molar-refractivity contribution in [1.82, 2.24) is 19.8 Å². The Labute approximate surface area is 188 Å². The highest BCUT2D eigenvalue weighted by molar-refractivity contribution is 6.04. The van der Waals surface area contributed by atoms with Crippen LogP contribution in [-0.2, 0) is 0 Å². The molecule has 0 unspecified atom stereocenters. The fourth-order valence-corrected chi connectivity index (χ4v) is 3.60. The summed E-state index contributed by atoms with van der Waals surface area (Å²) in [6.07, 6.45) is 4.33. The lowest BCUT2D eigenvalue weighted by Crippen LogP contribution is -2.35. The number of hydrogen-bond acceptors (Lipinski definition) is 5. The van der Waals surface area contributed by atoms with Crippen LogP contribution in [0.1, 0.15) is 24.2 Å². The lowest BCUT2D eigenvalue weighted by molar-refractivity contribution is -0.0498. The second kappa shape index (κ2) is 8.97. The average molecular weight is 457 g/mol. The van der Waals surface area contributed by atoms with E-state index >= 15 is 0 Å². The lowest BCUT2D eigenvalue weighted by atomic mass is 10.1. The van der Waals surface area contributed by atoms with Crippen LogP contribution < -0.4 is 10.1 Å². The molecule has 7 nitrogen and oxygen atoms in total. The topological polar surface area (TPSA) is 71.7 Å². The molecular weight excluding hydrogens is 435 g/mol. The SMILES string of the molecule is CC(C)NC(=O)c1cnc2c(-c3cccc(OC(F)F)c3)cn(C3=NC=C(F)CN3C)c2c1.